The molecular weight excluding hydrogens is 594 g/mol. The second-order valence-corrected chi connectivity index (χ2v) is 12.6. The van der Waals surface area contributed by atoms with E-state index >= 15 is 0 Å². The van der Waals surface area contributed by atoms with Gasteiger partial charge in [0.15, 0.2) is 0 Å². The number of unbranched alkanes of at least 4 members (excludes halogenated alkanes) is 2. The lowest BCUT2D eigenvalue weighted by Gasteiger charge is -2.44. The summed E-state index contributed by atoms with van der Waals surface area (Å²) in [6.45, 7) is 0.332. The number of ether oxygens (including phenoxy) is 1. The number of piperazine rings is 1. The molecule has 1 aliphatic heterocycles. The largest absolute Gasteiger partial charge is 0.481 e. The highest BCUT2D eigenvalue weighted by atomic mass is 16.5. The first-order valence-corrected chi connectivity index (χ1v) is 16.9. The molecule has 47 heavy (non-hydrogen) atoms. The summed E-state index contributed by atoms with van der Waals surface area (Å²) in [5.41, 5.74) is 1.51. The fourth-order valence-corrected chi connectivity index (χ4v) is 6.71. The number of hydrogen-bond acceptors (Lipinski definition) is 5. The van der Waals surface area contributed by atoms with Crippen molar-refractivity contribution >= 4 is 23.7 Å². The van der Waals surface area contributed by atoms with Crippen LogP contribution in [0.25, 0.3) is 0 Å². The van der Waals surface area contributed by atoms with E-state index in [0.717, 1.165) is 31.2 Å². The Morgan fingerprint density at radius 2 is 1.51 bits per heavy atom. The van der Waals surface area contributed by atoms with Crippen LogP contribution in [0, 0.1) is 5.92 Å². The van der Waals surface area contributed by atoms with E-state index in [0.29, 0.717) is 61.6 Å². The van der Waals surface area contributed by atoms with Gasteiger partial charge in [0.05, 0.1) is 0 Å². The third-order valence-electron chi connectivity index (χ3n) is 9.14. The van der Waals surface area contributed by atoms with Gasteiger partial charge in [-0.1, -0.05) is 99.2 Å². The topological polar surface area (TPSA) is 125 Å². The number of nitrogens with one attached hydrogen (secondary N) is 2. The standard InChI is InChI=1S/C38H45N3O6/c42-34(43)19-11-4-12-24-39-37(45)35(29-20-22-31(23-21-29)47-30-17-9-3-10-18-30)41-33(26-28-15-7-2-8-16-28)36(44)40-32(38(41)46)25-27-13-5-1-6-14-27/h1,3,5-6,9-10,13-14,17-18,20-23,28,32-33,35H,2,4,7-8,11-12,15-16,19,24-26H2,(H,39,45)(H,40,44)(H,42,43). The van der Waals surface area contributed by atoms with Crippen molar-refractivity contribution in [3.05, 3.63) is 96.1 Å². The summed E-state index contributed by atoms with van der Waals surface area (Å²) in [6, 6.07) is 23.5. The summed E-state index contributed by atoms with van der Waals surface area (Å²) < 4.78 is 5.99. The first-order chi connectivity index (χ1) is 22.9. The molecule has 3 atom stereocenters. The number of rotatable bonds is 15. The molecule has 248 valence electrons. The van der Waals surface area contributed by atoms with Crippen LogP contribution in [0.2, 0.25) is 0 Å². The summed E-state index contributed by atoms with van der Waals surface area (Å²) in [4.78, 5) is 55.0. The molecule has 1 aliphatic carbocycles. The van der Waals surface area contributed by atoms with Crippen molar-refractivity contribution in [2.24, 2.45) is 5.92 Å². The molecule has 1 heterocycles. The number of aliphatic carboxylic acids is 1. The fraction of sp³-hybridized carbons (Fsp3) is 0.421. The van der Waals surface area contributed by atoms with Crippen LogP contribution in [-0.4, -0.2) is 52.3 Å². The average Bonchev–Trinajstić information content (AvgIpc) is 3.08. The zero-order valence-corrected chi connectivity index (χ0v) is 26.8. The molecule has 3 unspecified atom stereocenters. The third kappa shape index (κ3) is 9.44. The molecule has 1 saturated carbocycles. The number of carboxylic acid groups (broad SMARTS) is 1. The molecule has 0 spiro atoms. The van der Waals surface area contributed by atoms with E-state index in [2.05, 4.69) is 10.6 Å². The molecule has 9 heteroatoms. The number of carboxylic acids is 1. The van der Waals surface area contributed by atoms with Gasteiger partial charge in [0.1, 0.15) is 29.6 Å². The first kappa shape index (κ1) is 33.7. The van der Waals surface area contributed by atoms with E-state index in [1.807, 2.05) is 60.7 Å². The maximum absolute atomic E-state index is 14.5. The highest BCUT2D eigenvalue weighted by molar-refractivity contribution is 6.00. The lowest BCUT2D eigenvalue weighted by atomic mass is 9.82. The minimum Gasteiger partial charge on any atom is -0.481 e. The fourth-order valence-electron chi connectivity index (χ4n) is 6.71. The second kappa shape index (κ2) is 16.8. The number of nitrogens with zero attached hydrogens (tertiary/aromatic N) is 1. The van der Waals surface area contributed by atoms with E-state index < -0.39 is 24.1 Å². The van der Waals surface area contributed by atoms with Gasteiger partial charge < -0.3 is 25.4 Å². The molecule has 0 aromatic heterocycles. The van der Waals surface area contributed by atoms with E-state index in [4.69, 9.17) is 9.84 Å². The Labute approximate surface area is 276 Å². The van der Waals surface area contributed by atoms with Crippen LogP contribution in [0.5, 0.6) is 11.5 Å². The minimum atomic E-state index is -1.04. The average molecular weight is 640 g/mol. The van der Waals surface area contributed by atoms with E-state index in [1.165, 1.54) is 6.42 Å². The van der Waals surface area contributed by atoms with Crippen LogP contribution >= 0.6 is 0 Å². The maximum Gasteiger partial charge on any atom is 0.303 e. The van der Waals surface area contributed by atoms with Crippen molar-refractivity contribution in [1.29, 1.82) is 0 Å². The van der Waals surface area contributed by atoms with Gasteiger partial charge in [0, 0.05) is 19.4 Å². The molecule has 1 saturated heterocycles. The molecule has 5 rings (SSSR count). The summed E-state index contributed by atoms with van der Waals surface area (Å²) in [5, 5.41) is 15.0. The summed E-state index contributed by atoms with van der Waals surface area (Å²) >= 11 is 0. The summed E-state index contributed by atoms with van der Waals surface area (Å²) in [6.07, 6.45) is 8.04. The molecule has 3 aromatic rings. The van der Waals surface area contributed by atoms with Crippen LogP contribution in [0.3, 0.4) is 0 Å². The molecular formula is C38H45N3O6. The van der Waals surface area contributed by atoms with Crippen LogP contribution in [0.15, 0.2) is 84.9 Å². The highest BCUT2D eigenvalue weighted by Crippen LogP contribution is 2.35. The Bertz CT molecular complexity index is 1470. The van der Waals surface area contributed by atoms with Crippen LogP contribution in [0.4, 0.5) is 0 Å². The first-order valence-electron chi connectivity index (χ1n) is 16.9. The normalized spacial score (nSPS) is 19.1. The second-order valence-electron chi connectivity index (χ2n) is 12.6. The van der Waals surface area contributed by atoms with Gasteiger partial charge in [0.2, 0.25) is 17.7 Å². The quantitative estimate of drug-likeness (QED) is 0.170. The van der Waals surface area contributed by atoms with Gasteiger partial charge in [0.25, 0.3) is 0 Å². The van der Waals surface area contributed by atoms with Crippen LogP contribution in [-0.2, 0) is 25.6 Å². The molecule has 3 N–H and O–H groups in total. The van der Waals surface area contributed by atoms with Crippen molar-refractivity contribution in [3.63, 3.8) is 0 Å². The molecule has 0 bridgehead atoms. The van der Waals surface area contributed by atoms with Gasteiger partial charge in [-0.05, 0) is 60.6 Å². The summed E-state index contributed by atoms with van der Waals surface area (Å²) in [5.74, 6) is -0.162. The lowest BCUT2D eigenvalue weighted by Crippen LogP contribution is -2.66. The van der Waals surface area contributed by atoms with Gasteiger partial charge in [-0.2, -0.15) is 0 Å². The minimum absolute atomic E-state index is 0.0804. The molecule has 3 aromatic carbocycles. The number of hydrogen-bond donors (Lipinski definition) is 3. The van der Waals surface area contributed by atoms with E-state index in [-0.39, 0.29) is 24.1 Å². The van der Waals surface area contributed by atoms with Crippen LogP contribution in [0.1, 0.15) is 81.4 Å². The lowest BCUT2D eigenvalue weighted by molar-refractivity contribution is -0.156. The van der Waals surface area contributed by atoms with Gasteiger partial charge in [-0.25, -0.2) is 0 Å². The molecule has 0 radical (unpaired) electrons. The zero-order valence-electron chi connectivity index (χ0n) is 26.8. The summed E-state index contributed by atoms with van der Waals surface area (Å²) in [7, 11) is 0. The zero-order chi connectivity index (χ0) is 33.0. The molecule has 2 aliphatic rings. The van der Waals surface area contributed by atoms with Gasteiger partial charge >= 0.3 is 5.97 Å². The third-order valence-corrected chi connectivity index (χ3v) is 9.14. The predicted octanol–water partition coefficient (Wildman–Crippen LogP) is 6.19. The van der Waals surface area contributed by atoms with Crippen molar-refractivity contribution < 1.29 is 29.0 Å². The predicted molar refractivity (Wildman–Crippen MR) is 179 cm³/mol. The Kier molecular flexibility index (Phi) is 12.0. The Morgan fingerprint density at radius 1 is 0.851 bits per heavy atom. The number of para-hydroxylation sites is 1. The van der Waals surface area contributed by atoms with Gasteiger partial charge in [-0.3, -0.25) is 19.2 Å². The van der Waals surface area contributed by atoms with Crippen molar-refractivity contribution in [2.75, 3.05) is 6.54 Å². The Hall–Kier alpha value is -4.66. The van der Waals surface area contributed by atoms with Gasteiger partial charge in [-0.15, -0.1) is 0 Å². The molecule has 2 fully saturated rings. The van der Waals surface area contributed by atoms with Crippen molar-refractivity contribution in [2.45, 2.75) is 88.8 Å². The smallest absolute Gasteiger partial charge is 0.303 e. The van der Waals surface area contributed by atoms with Crippen molar-refractivity contribution in [1.82, 2.24) is 15.5 Å². The SMILES string of the molecule is O=C(O)CCCCCNC(=O)C(c1ccc(Oc2ccccc2)cc1)N1C(=O)C(Cc2ccccc2)NC(=O)C1CC1CCCCC1. The monoisotopic (exact) mass is 639 g/mol. The van der Waals surface area contributed by atoms with E-state index in [9.17, 15) is 19.2 Å². The highest BCUT2D eigenvalue weighted by Gasteiger charge is 2.47. The Morgan fingerprint density at radius 3 is 2.19 bits per heavy atom. The number of carbonyl (C=O) groups is 4. The van der Waals surface area contributed by atoms with Crippen molar-refractivity contribution in [3.8, 4) is 11.5 Å². The number of carbonyl (C=O) groups excluding carboxylic acids is 3. The van der Waals surface area contributed by atoms with Crippen LogP contribution < -0.4 is 15.4 Å². The number of amides is 3. The van der Waals surface area contributed by atoms with E-state index in [1.54, 1.807) is 29.2 Å². The Balaban J connectivity index is 1.44. The molecule has 9 nitrogen and oxygen atoms in total. The number of benzene rings is 3. The molecule has 3 amide bonds. The maximum atomic E-state index is 14.5.